The number of hydrogen-bond donors (Lipinski definition) is 2. The van der Waals surface area contributed by atoms with E-state index in [9.17, 15) is 20.2 Å². The molecule has 0 heterocycles. The third kappa shape index (κ3) is 5.00. The van der Waals surface area contributed by atoms with Crippen LogP contribution in [0.15, 0.2) is 58.3 Å². The number of nitro groups is 2. The molecule has 0 aliphatic heterocycles. The Morgan fingerprint density at radius 1 is 0.727 bits per heavy atom. The van der Waals surface area contributed by atoms with Crippen LogP contribution in [0.2, 0.25) is 0 Å². The number of benzene rings is 2. The summed E-state index contributed by atoms with van der Waals surface area (Å²) in [6.07, 6.45) is 0. The van der Waals surface area contributed by atoms with E-state index in [1.165, 1.54) is 12.1 Å². The highest BCUT2D eigenvalue weighted by Crippen LogP contribution is 2.25. The number of hydrogen-bond acceptors (Lipinski definition) is 8. The van der Waals surface area contributed by atoms with Gasteiger partial charge in [0.05, 0.1) is 9.85 Å². The van der Waals surface area contributed by atoms with E-state index in [-0.39, 0.29) is 11.4 Å². The first-order valence-electron chi connectivity index (χ1n) is 5.71. The molecule has 0 aromatic heterocycles. The Balaban J connectivity index is 0.000000220. The van der Waals surface area contributed by atoms with Gasteiger partial charge in [0.1, 0.15) is 9.79 Å². The lowest BCUT2D eigenvalue weighted by molar-refractivity contribution is -0.387. The zero-order valence-electron chi connectivity index (χ0n) is 11.1. The normalized spacial score (nSPS) is 9.55. The molecule has 0 saturated carbocycles. The molecule has 0 radical (unpaired) electrons. The molecule has 10 heteroatoms. The minimum Gasteiger partial charge on any atom is -0.273 e. The van der Waals surface area contributed by atoms with Crippen molar-refractivity contribution in [2.75, 3.05) is 0 Å². The maximum atomic E-state index is 10.3. The average Bonchev–Trinajstić information content (AvgIpc) is 2.55. The van der Waals surface area contributed by atoms with Gasteiger partial charge in [-0.3, -0.25) is 30.5 Å². The summed E-state index contributed by atoms with van der Waals surface area (Å²) in [4.78, 5) is 20.7. The summed E-state index contributed by atoms with van der Waals surface area (Å²) in [5.74, 6) is 0. The smallest absolute Gasteiger partial charge is 0.273 e. The summed E-state index contributed by atoms with van der Waals surface area (Å²) >= 11 is 1.76. The lowest BCUT2D eigenvalue weighted by Gasteiger charge is -1.95. The zero-order valence-corrected chi connectivity index (χ0v) is 12.8. The SMILES string of the molecule is NSc1ccccc1[N+](=O)[O-].NSc1ccccc1[N+](=O)[O-]. The van der Waals surface area contributed by atoms with Gasteiger partial charge in [-0.2, -0.15) is 0 Å². The van der Waals surface area contributed by atoms with Crippen molar-refractivity contribution in [3.8, 4) is 0 Å². The molecule has 0 saturated heterocycles. The molecule has 2 aromatic carbocycles. The van der Waals surface area contributed by atoms with Gasteiger partial charge in [0.25, 0.3) is 11.4 Å². The van der Waals surface area contributed by atoms with Crippen molar-refractivity contribution in [3.05, 3.63) is 68.8 Å². The van der Waals surface area contributed by atoms with Crippen LogP contribution < -0.4 is 10.3 Å². The van der Waals surface area contributed by atoms with Gasteiger partial charge in [0.15, 0.2) is 0 Å². The molecule has 2 rings (SSSR count). The quantitative estimate of drug-likeness (QED) is 0.491. The summed E-state index contributed by atoms with van der Waals surface area (Å²) in [5.41, 5.74) is 0.111. The van der Waals surface area contributed by atoms with E-state index in [0.717, 1.165) is 23.9 Å². The first-order chi connectivity index (χ1) is 10.5. The van der Waals surface area contributed by atoms with Gasteiger partial charge < -0.3 is 0 Å². The fourth-order valence-corrected chi connectivity index (χ4v) is 2.26. The maximum Gasteiger partial charge on any atom is 0.284 e. The predicted octanol–water partition coefficient (Wildman–Crippen LogP) is 3.12. The number of nitro benzene ring substituents is 2. The topological polar surface area (TPSA) is 138 Å². The average molecular weight is 340 g/mol. The van der Waals surface area contributed by atoms with Crippen molar-refractivity contribution in [1.82, 2.24) is 0 Å². The minimum atomic E-state index is -0.449. The van der Waals surface area contributed by atoms with Gasteiger partial charge in [0, 0.05) is 12.1 Å². The van der Waals surface area contributed by atoms with E-state index < -0.39 is 9.85 Å². The Hall–Kier alpha value is -2.14. The van der Waals surface area contributed by atoms with Crippen LogP contribution in [0.25, 0.3) is 0 Å². The standard InChI is InChI=1S/2C6H6N2O2S/c2*7-11-6-4-2-1-3-5(6)8(9)10/h2*1-4H,7H2. The lowest BCUT2D eigenvalue weighted by atomic mass is 10.3. The van der Waals surface area contributed by atoms with Crippen LogP contribution in [0, 0.1) is 20.2 Å². The molecule has 0 aliphatic rings. The number of rotatable bonds is 4. The van der Waals surface area contributed by atoms with E-state index in [2.05, 4.69) is 0 Å². The maximum absolute atomic E-state index is 10.3. The van der Waals surface area contributed by atoms with E-state index in [1.54, 1.807) is 36.4 Å². The van der Waals surface area contributed by atoms with Crippen LogP contribution in [-0.2, 0) is 0 Å². The number of nitrogens with two attached hydrogens (primary N) is 2. The van der Waals surface area contributed by atoms with Crippen LogP contribution in [0.5, 0.6) is 0 Å². The zero-order chi connectivity index (χ0) is 16.5. The molecular weight excluding hydrogens is 328 g/mol. The molecule has 0 spiro atoms. The van der Waals surface area contributed by atoms with E-state index in [0.29, 0.717) is 9.79 Å². The lowest BCUT2D eigenvalue weighted by Crippen LogP contribution is -1.91. The molecule has 2 aromatic rings. The summed E-state index contributed by atoms with van der Waals surface area (Å²) < 4.78 is 0. The van der Waals surface area contributed by atoms with Gasteiger partial charge in [-0.05, 0) is 36.0 Å². The van der Waals surface area contributed by atoms with Crippen molar-refractivity contribution in [3.63, 3.8) is 0 Å². The van der Waals surface area contributed by atoms with Gasteiger partial charge in [0.2, 0.25) is 0 Å². The van der Waals surface area contributed by atoms with Gasteiger partial charge in [-0.15, -0.1) is 0 Å². The molecule has 0 bridgehead atoms. The second kappa shape index (κ2) is 9.00. The van der Waals surface area contributed by atoms with E-state index >= 15 is 0 Å². The Morgan fingerprint density at radius 3 is 1.27 bits per heavy atom. The fraction of sp³-hybridized carbons (Fsp3) is 0. The third-order valence-corrected chi connectivity index (χ3v) is 3.58. The number of nitrogens with zero attached hydrogens (tertiary/aromatic N) is 2. The Bertz CT molecular complexity index is 612. The van der Waals surface area contributed by atoms with E-state index in [4.69, 9.17) is 10.3 Å². The van der Waals surface area contributed by atoms with Crippen molar-refractivity contribution in [2.45, 2.75) is 9.79 Å². The second-order valence-corrected chi connectivity index (χ2v) is 5.04. The van der Waals surface area contributed by atoms with Crippen molar-refractivity contribution in [1.29, 1.82) is 0 Å². The highest BCUT2D eigenvalue weighted by molar-refractivity contribution is 7.97. The van der Waals surface area contributed by atoms with Crippen LogP contribution in [0.4, 0.5) is 11.4 Å². The van der Waals surface area contributed by atoms with Crippen LogP contribution >= 0.6 is 23.9 Å². The molecule has 8 nitrogen and oxygen atoms in total. The Morgan fingerprint density at radius 2 is 1.05 bits per heavy atom. The summed E-state index contributed by atoms with van der Waals surface area (Å²) in [7, 11) is 0. The largest absolute Gasteiger partial charge is 0.284 e. The van der Waals surface area contributed by atoms with Gasteiger partial charge in [-0.1, -0.05) is 24.3 Å². The molecule has 0 atom stereocenters. The summed E-state index contributed by atoms with van der Waals surface area (Å²) in [5, 5.41) is 31.0. The van der Waals surface area contributed by atoms with Gasteiger partial charge >= 0.3 is 0 Å². The third-order valence-electron chi connectivity index (χ3n) is 2.38. The van der Waals surface area contributed by atoms with Crippen LogP contribution in [-0.4, -0.2) is 9.85 Å². The van der Waals surface area contributed by atoms with Gasteiger partial charge in [-0.25, -0.2) is 0 Å². The first kappa shape index (κ1) is 17.9. The Kier molecular flexibility index (Phi) is 7.32. The van der Waals surface area contributed by atoms with Crippen LogP contribution in [0.1, 0.15) is 0 Å². The highest BCUT2D eigenvalue weighted by atomic mass is 32.2. The highest BCUT2D eigenvalue weighted by Gasteiger charge is 2.11. The van der Waals surface area contributed by atoms with Crippen molar-refractivity contribution < 1.29 is 9.85 Å². The molecule has 116 valence electrons. The number of para-hydroxylation sites is 2. The monoisotopic (exact) mass is 340 g/mol. The molecule has 22 heavy (non-hydrogen) atoms. The first-order valence-corrected chi connectivity index (χ1v) is 7.47. The molecule has 0 amide bonds. The molecule has 4 N–H and O–H groups in total. The summed E-state index contributed by atoms with van der Waals surface area (Å²) in [6.45, 7) is 0. The van der Waals surface area contributed by atoms with Crippen LogP contribution in [0.3, 0.4) is 0 Å². The molecular formula is C12H12N4O4S2. The molecule has 0 aliphatic carbocycles. The van der Waals surface area contributed by atoms with E-state index in [1.807, 2.05) is 0 Å². The van der Waals surface area contributed by atoms with Crippen molar-refractivity contribution >= 4 is 35.3 Å². The minimum absolute atomic E-state index is 0.0556. The second-order valence-electron chi connectivity index (χ2n) is 3.69. The summed E-state index contributed by atoms with van der Waals surface area (Å²) in [6, 6.07) is 12.7. The molecule has 0 unspecified atom stereocenters. The fourth-order valence-electron chi connectivity index (χ4n) is 1.42. The predicted molar refractivity (Wildman–Crippen MR) is 86.3 cm³/mol. The van der Waals surface area contributed by atoms with Crippen molar-refractivity contribution in [2.24, 2.45) is 10.3 Å². The molecule has 0 fully saturated rings. The Labute approximate surface area is 134 Å².